The van der Waals surface area contributed by atoms with Crippen molar-refractivity contribution in [1.29, 1.82) is 0 Å². The van der Waals surface area contributed by atoms with Crippen molar-refractivity contribution >= 4 is 0 Å². The standard InChI is InChI=1S/C19H24N2O2/c22-14-17-13-19(21-20-17)16-8-10-18(11-9-16)23-12-4-7-15-5-2-1-3-6-15/h1-3,5-6,8-11,17,19-22H,4,7,12-14H2. The number of ether oxygens (including phenoxy) is 1. The number of hydrazine groups is 1. The van der Waals surface area contributed by atoms with Crippen LogP contribution in [0.3, 0.4) is 0 Å². The Balaban J connectivity index is 1.43. The molecule has 0 spiro atoms. The molecule has 0 radical (unpaired) electrons. The third kappa shape index (κ3) is 4.55. The number of benzene rings is 2. The molecule has 4 heteroatoms. The van der Waals surface area contributed by atoms with Crippen LogP contribution < -0.4 is 15.6 Å². The molecule has 2 atom stereocenters. The molecular formula is C19H24N2O2. The molecule has 0 aliphatic carbocycles. The lowest BCUT2D eigenvalue weighted by atomic mass is 10.0. The van der Waals surface area contributed by atoms with E-state index < -0.39 is 0 Å². The maximum Gasteiger partial charge on any atom is 0.119 e. The van der Waals surface area contributed by atoms with E-state index in [1.165, 1.54) is 11.1 Å². The Morgan fingerprint density at radius 1 is 1.00 bits per heavy atom. The normalized spacial score (nSPS) is 20.6. The van der Waals surface area contributed by atoms with Gasteiger partial charge in [0.15, 0.2) is 0 Å². The Hall–Kier alpha value is -1.88. The van der Waals surface area contributed by atoms with Crippen molar-refractivity contribution in [2.75, 3.05) is 13.2 Å². The van der Waals surface area contributed by atoms with Crippen LogP contribution in [0.5, 0.6) is 5.75 Å². The number of nitrogens with one attached hydrogen (secondary N) is 2. The number of aliphatic hydroxyl groups is 1. The van der Waals surface area contributed by atoms with Crippen LogP contribution in [0.25, 0.3) is 0 Å². The number of hydrogen-bond acceptors (Lipinski definition) is 4. The molecular weight excluding hydrogens is 288 g/mol. The van der Waals surface area contributed by atoms with E-state index in [1.807, 2.05) is 18.2 Å². The zero-order valence-corrected chi connectivity index (χ0v) is 13.2. The lowest BCUT2D eigenvalue weighted by Crippen LogP contribution is -2.32. The van der Waals surface area contributed by atoms with E-state index in [9.17, 15) is 0 Å². The van der Waals surface area contributed by atoms with Gasteiger partial charge in [0, 0.05) is 12.1 Å². The topological polar surface area (TPSA) is 53.5 Å². The molecule has 2 aromatic carbocycles. The summed E-state index contributed by atoms with van der Waals surface area (Å²) in [6.45, 7) is 0.885. The molecule has 0 aromatic heterocycles. The SMILES string of the molecule is OCC1CC(c2ccc(OCCCc3ccccc3)cc2)NN1. The fraction of sp³-hybridized carbons (Fsp3) is 0.368. The quantitative estimate of drug-likeness (QED) is 0.688. The molecule has 0 bridgehead atoms. The molecule has 23 heavy (non-hydrogen) atoms. The van der Waals surface area contributed by atoms with Gasteiger partial charge in [0.25, 0.3) is 0 Å². The minimum Gasteiger partial charge on any atom is -0.494 e. The van der Waals surface area contributed by atoms with Crippen LogP contribution in [0.4, 0.5) is 0 Å². The fourth-order valence-corrected chi connectivity index (χ4v) is 2.87. The third-order valence-electron chi connectivity index (χ3n) is 4.21. The highest BCUT2D eigenvalue weighted by Crippen LogP contribution is 2.24. The molecule has 4 nitrogen and oxygen atoms in total. The van der Waals surface area contributed by atoms with Gasteiger partial charge in [-0.25, -0.2) is 5.43 Å². The van der Waals surface area contributed by atoms with Crippen molar-refractivity contribution in [3.63, 3.8) is 0 Å². The Labute approximate surface area is 137 Å². The summed E-state index contributed by atoms with van der Waals surface area (Å²) in [6, 6.07) is 19.1. The van der Waals surface area contributed by atoms with E-state index in [0.717, 1.165) is 31.6 Å². The molecule has 0 saturated carbocycles. The number of rotatable bonds is 7. The average Bonchev–Trinajstić information content (AvgIpc) is 3.09. The summed E-state index contributed by atoms with van der Waals surface area (Å²) in [5.41, 5.74) is 8.87. The Kier molecular flexibility index (Phi) is 5.64. The summed E-state index contributed by atoms with van der Waals surface area (Å²) in [7, 11) is 0. The molecule has 1 aliphatic rings. The lowest BCUT2D eigenvalue weighted by molar-refractivity contribution is 0.251. The first-order chi connectivity index (χ1) is 11.3. The van der Waals surface area contributed by atoms with Gasteiger partial charge in [0.2, 0.25) is 0 Å². The molecule has 1 heterocycles. The highest BCUT2D eigenvalue weighted by molar-refractivity contribution is 5.29. The van der Waals surface area contributed by atoms with Crippen LogP contribution in [0.2, 0.25) is 0 Å². The van der Waals surface area contributed by atoms with Crippen LogP contribution in [-0.4, -0.2) is 24.4 Å². The summed E-state index contributed by atoms with van der Waals surface area (Å²) < 4.78 is 5.81. The lowest BCUT2D eigenvalue weighted by Gasteiger charge is -2.11. The molecule has 3 N–H and O–H groups in total. The first kappa shape index (κ1) is 16.0. The first-order valence-electron chi connectivity index (χ1n) is 8.24. The predicted octanol–water partition coefficient (Wildman–Crippen LogP) is 2.60. The van der Waals surface area contributed by atoms with Gasteiger partial charge >= 0.3 is 0 Å². The third-order valence-corrected chi connectivity index (χ3v) is 4.21. The van der Waals surface area contributed by atoms with Gasteiger partial charge in [0.05, 0.1) is 13.2 Å². The maximum absolute atomic E-state index is 9.16. The zero-order chi connectivity index (χ0) is 15.9. The Morgan fingerprint density at radius 3 is 2.48 bits per heavy atom. The highest BCUT2D eigenvalue weighted by atomic mass is 16.5. The van der Waals surface area contributed by atoms with Gasteiger partial charge in [-0.3, -0.25) is 5.43 Å². The van der Waals surface area contributed by atoms with E-state index in [-0.39, 0.29) is 18.7 Å². The highest BCUT2D eigenvalue weighted by Gasteiger charge is 2.23. The second kappa shape index (κ2) is 8.11. The van der Waals surface area contributed by atoms with Gasteiger partial charge in [-0.05, 0) is 42.5 Å². The first-order valence-corrected chi connectivity index (χ1v) is 8.24. The van der Waals surface area contributed by atoms with Crippen molar-refractivity contribution < 1.29 is 9.84 Å². The molecule has 0 amide bonds. The van der Waals surface area contributed by atoms with Crippen molar-refractivity contribution in [1.82, 2.24) is 10.9 Å². The van der Waals surface area contributed by atoms with Crippen LogP contribution in [-0.2, 0) is 6.42 Å². The van der Waals surface area contributed by atoms with E-state index in [4.69, 9.17) is 9.84 Å². The largest absolute Gasteiger partial charge is 0.494 e. The molecule has 1 aliphatic heterocycles. The summed E-state index contributed by atoms with van der Waals surface area (Å²) in [4.78, 5) is 0. The van der Waals surface area contributed by atoms with E-state index in [1.54, 1.807) is 0 Å². The van der Waals surface area contributed by atoms with Crippen molar-refractivity contribution in [3.8, 4) is 5.75 Å². The van der Waals surface area contributed by atoms with E-state index in [2.05, 4.69) is 47.2 Å². The van der Waals surface area contributed by atoms with E-state index >= 15 is 0 Å². The molecule has 3 rings (SSSR count). The Morgan fingerprint density at radius 2 is 1.78 bits per heavy atom. The van der Waals surface area contributed by atoms with Gasteiger partial charge in [-0.2, -0.15) is 0 Å². The number of aryl methyl sites for hydroxylation is 1. The minimum absolute atomic E-state index is 0.133. The smallest absolute Gasteiger partial charge is 0.119 e. The van der Waals surface area contributed by atoms with Crippen LogP contribution in [0.1, 0.15) is 30.0 Å². The average molecular weight is 312 g/mol. The molecule has 1 saturated heterocycles. The maximum atomic E-state index is 9.16. The van der Waals surface area contributed by atoms with Crippen LogP contribution >= 0.6 is 0 Å². The van der Waals surface area contributed by atoms with Crippen molar-refractivity contribution in [2.24, 2.45) is 0 Å². The second-order valence-electron chi connectivity index (χ2n) is 5.96. The summed E-state index contributed by atoms with van der Waals surface area (Å²) in [5, 5.41) is 9.16. The van der Waals surface area contributed by atoms with Crippen molar-refractivity contribution in [3.05, 3.63) is 65.7 Å². The fourth-order valence-electron chi connectivity index (χ4n) is 2.87. The summed E-state index contributed by atoms with van der Waals surface area (Å²) >= 11 is 0. The van der Waals surface area contributed by atoms with Crippen LogP contribution in [0.15, 0.2) is 54.6 Å². The zero-order valence-electron chi connectivity index (χ0n) is 13.2. The summed E-state index contributed by atoms with van der Waals surface area (Å²) in [5.74, 6) is 0.909. The molecule has 2 aromatic rings. The van der Waals surface area contributed by atoms with Crippen LogP contribution in [0, 0.1) is 0 Å². The molecule has 122 valence electrons. The minimum atomic E-state index is 0.133. The Bertz CT molecular complexity index is 586. The number of hydrogen-bond donors (Lipinski definition) is 3. The van der Waals surface area contributed by atoms with Gasteiger partial charge in [-0.15, -0.1) is 0 Å². The monoisotopic (exact) mass is 312 g/mol. The summed E-state index contributed by atoms with van der Waals surface area (Å²) in [6.07, 6.45) is 2.95. The molecule has 1 fully saturated rings. The predicted molar refractivity (Wildman–Crippen MR) is 91.2 cm³/mol. The van der Waals surface area contributed by atoms with Gasteiger partial charge in [-0.1, -0.05) is 42.5 Å². The van der Waals surface area contributed by atoms with Crippen molar-refractivity contribution in [2.45, 2.75) is 31.3 Å². The number of aliphatic hydroxyl groups excluding tert-OH is 1. The molecule has 2 unspecified atom stereocenters. The second-order valence-corrected chi connectivity index (χ2v) is 5.96. The van der Waals surface area contributed by atoms with Gasteiger partial charge in [0.1, 0.15) is 5.75 Å². The van der Waals surface area contributed by atoms with Gasteiger partial charge < -0.3 is 9.84 Å². The van der Waals surface area contributed by atoms with E-state index in [0.29, 0.717) is 0 Å².